The summed E-state index contributed by atoms with van der Waals surface area (Å²) in [5.41, 5.74) is 4.51. The summed E-state index contributed by atoms with van der Waals surface area (Å²) >= 11 is 0. The second-order valence-electron chi connectivity index (χ2n) is 6.43. The molecular weight excluding hydrogens is 330 g/mol. The summed E-state index contributed by atoms with van der Waals surface area (Å²) in [6.07, 6.45) is -0.973. The molecule has 3 N–H and O–H groups in total. The van der Waals surface area contributed by atoms with Gasteiger partial charge in [0.05, 0.1) is 24.8 Å². The highest BCUT2D eigenvalue weighted by Gasteiger charge is 2.72. The van der Waals surface area contributed by atoms with Gasteiger partial charge in [-0.05, 0) is 6.90 Å². The van der Waals surface area contributed by atoms with Crippen LogP contribution in [0.1, 0.15) is 8.27 Å². The lowest BCUT2D eigenvalue weighted by molar-refractivity contribution is -0.137. The molecule has 0 aromatic heterocycles. The van der Waals surface area contributed by atoms with E-state index in [-0.39, 0.29) is 48.2 Å². The number of rotatable bonds is 4. The lowest BCUT2D eigenvalue weighted by Gasteiger charge is -2.39. The Kier molecular flexibility index (Phi) is 3.02. The average Bonchev–Trinajstić information content (AvgIpc) is 3.22. The minimum Gasteiger partial charge on any atom is -0.492 e. The number of methoxy groups -OCH3 is 2. The smallest absolute Gasteiger partial charge is 0.404 e. The van der Waals surface area contributed by atoms with Gasteiger partial charge in [-0.15, -0.1) is 0 Å². The zero-order valence-corrected chi connectivity index (χ0v) is 13.8. The van der Waals surface area contributed by atoms with Crippen LogP contribution in [0.3, 0.4) is 0 Å². The lowest BCUT2D eigenvalue weighted by Crippen LogP contribution is -2.55. The monoisotopic (exact) mass is 350 g/mol. The Morgan fingerprint density at radius 2 is 2.20 bits per heavy atom. The summed E-state index contributed by atoms with van der Waals surface area (Å²) in [7, 11) is 2.79. The zero-order chi connectivity index (χ0) is 18.8. The number of fused-ring (bicyclic) bond motifs is 4. The van der Waals surface area contributed by atoms with Crippen molar-refractivity contribution < 1.29 is 30.0 Å². The number of nitrogens with zero attached hydrogens (tertiary/aromatic N) is 1. The molecule has 0 unspecified atom stereocenters. The fourth-order valence-electron chi connectivity index (χ4n) is 4.42. The Morgan fingerprint density at radius 1 is 1.44 bits per heavy atom. The number of nitrogens with two attached hydrogens (primary N) is 1. The van der Waals surface area contributed by atoms with Gasteiger partial charge in [-0.2, -0.15) is 0 Å². The fourth-order valence-corrected chi connectivity index (χ4v) is 4.42. The van der Waals surface area contributed by atoms with E-state index in [1.807, 2.05) is 0 Å². The summed E-state index contributed by atoms with van der Waals surface area (Å²) in [5, 5.41) is 3.27. The standard InChI is InChI=1S/C16H19N3O6/c1-6-11(20)10-9(12(21)13(6)23-2)7(5-25-15(17)22)16(24-3)14-8(18-14)4-19(10)16/h7-8,14,18H,4-5H2,1-3H3,(H2,17,22)/t7-,8+,14+,16-/m1/s1/i1D. The van der Waals surface area contributed by atoms with Gasteiger partial charge in [0.15, 0.2) is 11.5 Å². The van der Waals surface area contributed by atoms with Gasteiger partial charge in [-0.1, -0.05) is 0 Å². The third-order valence-electron chi connectivity index (χ3n) is 5.44. The third-order valence-corrected chi connectivity index (χ3v) is 5.44. The molecule has 2 saturated heterocycles. The number of nitrogens with one attached hydrogen (secondary N) is 1. The number of ether oxygens (including phenoxy) is 3. The molecule has 1 aliphatic carbocycles. The van der Waals surface area contributed by atoms with E-state index in [2.05, 4.69) is 5.32 Å². The van der Waals surface area contributed by atoms with Crippen LogP contribution in [0.25, 0.3) is 0 Å². The van der Waals surface area contributed by atoms with E-state index in [0.717, 1.165) is 0 Å². The molecule has 4 aliphatic rings. The number of hydrogen-bond donors (Lipinski definition) is 2. The molecule has 9 nitrogen and oxygen atoms in total. The zero-order valence-electron chi connectivity index (χ0n) is 14.8. The average molecular weight is 350 g/mol. The molecular formula is C16H19N3O6. The highest BCUT2D eigenvalue weighted by molar-refractivity contribution is 6.25. The van der Waals surface area contributed by atoms with Gasteiger partial charge in [0.1, 0.15) is 6.61 Å². The van der Waals surface area contributed by atoms with Gasteiger partial charge >= 0.3 is 6.09 Å². The molecule has 9 heteroatoms. The number of carbonyl (C=O) groups is 3. The molecule has 0 saturated carbocycles. The molecule has 134 valence electrons. The maximum absolute atomic E-state index is 13.1. The molecule has 4 atom stereocenters. The van der Waals surface area contributed by atoms with Crippen molar-refractivity contribution in [3.8, 4) is 0 Å². The highest BCUT2D eigenvalue weighted by Crippen LogP contribution is 2.55. The first-order chi connectivity index (χ1) is 12.4. The maximum atomic E-state index is 13.1. The summed E-state index contributed by atoms with van der Waals surface area (Å²) in [5.74, 6) is -1.74. The molecule has 3 heterocycles. The number of primary amides is 1. The summed E-state index contributed by atoms with van der Waals surface area (Å²) < 4.78 is 23.6. The molecule has 3 aliphatic heterocycles. The normalized spacial score (nSPS) is 36.2. The molecule has 0 aromatic rings. The quantitative estimate of drug-likeness (QED) is 0.489. The van der Waals surface area contributed by atoms with E-state index in [0.29, 0.717) is 6.54 Å². The van der Waals surface area contributed by atoms with Crippen LogP contribution in [0.2, 0.25) is 0 Å². The highest BCUT2D eigenvalue weighted by atomic mass is 16.6. The Labute approximate surface area is 145 Å². The van der Waals surface area contributed by atoms with Gasteiger partial charge in [0.25, 0.3) is 0 Å². The van der Waals surface area contributed by atoms with Crippen LogP contribution in [0, 0.1) is 5.92 Å². The number of ketones is 2. The molecule has 1 amide bonds. The van der Waals surface area contributed by atoms with Gasteiger partial charge in [-0.25, -0.2) is 4.79 Å². The van der Waals surface area contributed by atoms with E-state index in [1.54, 1.807) is 4.90 Å². The fraction of sp³-hybridized carbons (Fsp3) is 0.562. The van der Waals surface area contributed by atoms with E-state index < -0.39 is 29.3 Å². The second kappa shape index (κ2) is 5.06. The van der Waals surface area contributed by atoms with Crippen LogP contribution in [0.15, 0.2) is 22.6 Å². The first kappa shape index (κ1) is 14.9. The van der Waals surface area contributed by atoms with E-state index in [9.17, 15) is 14.4 Å². The minimum absolute atomic E-state index is 0.0197. The minimum atomic E-state index is -1.02. The number of amides is 1. The molecule has 0 aromatic carbocycles. The Hall–Kier alpha value is -2.39. The number of hydrogen-bond acceptors (Lipinski definition) is 8. The number of Topliss-reactive ketones (excluding diaryl/α,β-unsaturated/α-hetero) is 2. The summed E-state index contributed by atoms with van der Waals surface area (Å²) in [4.78, 5) is 39.0. The van der Waals surface area contributed by atoms with Crippen molar-refractivity contribution in [2.75, 3.05) is 27.4 Å². The van der Waals surface area contributed by atoms with Crippen LogP contribution in [0.4, 0.5) is 4.79 Å². The molecule has 25 heavy (non-hydrogen) atoms. The van der Waals surface area contributed by atoms with Crippen LogP contribution < -0.4 is 11.1 Å². The van der Waals surface area contributed by atoms with Crippen molar-refractivity contribution >= 4 is 17.7 Å². The first-order valence-electron chi connectivity index (χ1n) is 8.54. The maximum Gasteiger partial charge on any atom is 0.404 e. The lowest BCUT2D eigenvalue weighted by atomic mass is 9.83. The van der Waals surface area contributed by atoms with Gasteiger partial charge in [0.2, 0.25) is 11.6 Å². The molecule has 4 rings (SSSR count). The van der Waals surface area contributed by atoms with Crippen LogP contribution >= 0.6 is 0 Å². The SMILES string of the molecule is [2H]CC1=C(OC)C(=O)C2=C(C1=O)N1C[C@@H]3N[C@@H]3[C@]1(OC)[C@@H]2COC(N)=O. The Bertz CT molecular complexity index is 793. The largest absolute Gasteiger partial charge is 0.492 e. The second-order valence-corrected chi connectivity index (χ2v) is 6.43. The molecule has 0 radical (unpaired) electrons. The van der Waals surface area contributed by atoms with E-state index in [4.69, 9.17) is 21.3 Å². The number of carbonyl (C=O) groups excluding carboxylic acids is 3. The summed E-state index contributed by atoms with van der Waals surface area (Å²) in [6.45, 7) is -0.0848. The Balaban J connectivity index is 1.85. The van der Waals surface area contributed by atoms with E-state index in [1.165, 1.54) is 14.2 Å². The van der Waals surface area contributed by atoms with Crippen molar-refractivity contribution in [2.45, 2.75) is 24.7 Å². The molecule has 0 spiro atoms. The van der Waals surface area contributed by atoms with Crippen LogP contribution in [-0.4, -0.2) is 67.7 Å². The first-order valence-corrected chi connectivity index (χ1v) is 7.83. The van der Waals surface area contributed by atoms with Crippen LogP contribution in [-0.2, 0) is 23.8 Å². The van der Waals surface area contributed by atoms with Crippen molar-refractivity contribution in [1.29, 1.82) is 0 Å². The van der Waals surface area contributed by atoms with Crippen LogP contribution in [0.5, 0.6) is 0 Å². The third kappa shape index (κ3) is 1.82. The Morgan fingerprint density at radius 3 is 2.80 bits per heavy atom. The van der Waals surface area contributed by atoms with Crippen molar-refractivity contribution in [2.24, 2.45) is 11.7 Å². The predicted molar refractivity (Wildman–Crippen MR) is 82.9 cm³/mol. The predicted octanol–water partition coefficient (Wildman–Crippen LogP) is -0.963. The van der Waals surface area contributed by atoms with Gasteiger partial charge in [0, 0.05) is 32.2 Å². The van der Waals surface area contributed by atoms with Gasteiger partial charge < -0.3 is 30.2 Å². The number of allylic oxidation sites excluding steroid dienone is 2. The van der Waals surface area contributed by atoms with Crippen molar-refractivity contribution in [3.05, 3.63) is 22.6 Å². The molecule has 2 fully saturated rings. The molecule has 0 bridgehead atoms. The summed E-state index contributed by atoms with van der Waals surface area (Å²) in [6, 6.07) is 0.0147. The van der Waals surface area contributed by atoms with Crippen molar-refractivity contribution in [1.82, 2.24) is 10.2 Å². The topological polar surface area (TPSA) is 130 Å². The van der Waals surface area contributed by atoms with E-state index >= 15 is 0 Å². The van der Waals surface area contributed by atoms with Crippen molar-refractivity contribution in [3.63, 3.8) is 0 Å². The number of piperazine rings is 1. The van der Waals surface area contributed by atoms with Gasteiger partial charge in [-0.3, -0.25) is 9.59 Å².